The summed E-state index contributed by atoms with van der Waals surface area (Å²) in [5, 5.41) is 0. The van der Waals surface area contributed by atoms with E-state index in [1.807, 2.05) is 6.92 Å². The minimum Gasteiger partial charge on any atom is -0.464 e. The highest BCUT2D eigenvalue weighted by Gasteiger charge is 2.14. The van der Waals surface area contributed by atoms with Gasteiger partial charge in [-0.15, -0.1) is 0 Å². The smallest absolute Gasteiger partial charge is 0.332 e. The summed E-state index contributed by atoms with van der Waals surface area (Å²) in [4.78, 5) is 11.2. The number of benzene rings is 1. The third-order valence-corrected chi connectivity index (χ3v) is 4.33. The first-order chi connectivity index (χ1) is 11.0. The topological polar surface area (TPSA) is 78.9 Å². The standard InChI is InChI=1S/C16H24O6S/c1-3-21-16(17)13-20-11-5-4-6-12-22-23(18,19)15-9-7-14(2)8-10-15/h7-10H,3-6,11-13H2,1-2H3. The number of esters is 1. The third-order valence-electron chi connectivity index (χ3n) is 3.01. The lowest BCUT2D eigenvalue weighted by Crippen LogP contribution is -2.13. The Labute approximate surface area is 137 Å². The Balaban J connectivity index is 2.13. The fraction of sp³-hybridized carbons (Fsp3) is 0.562. The molecular weight excluding hydrogens is 320 g/mol. The summed E-state index contributed by atoms with van der Waals surface area (Å²) in [5.74, 6) is -0.375. The van der Waals surface area contributed by atoms with Crippen LogP contribution in [0.15, 0.2) is 29.2 Å². The lowest BCUT2D eigenvalue weighted by molar-refractivity contribution is -0.148. The summed E-state index contributed by atoms with van der Waals surface area (Å²) in [6, 6.07) is 6.54. The van der Waals surface area contributed by atoms with Gasteiger partial charge in [-0.25, -0.2) is 4.79 Å². The molecule has 0 saturated heterocycles. The molecule has 1 aromatic carbocycles. The van der Waals surface area contributed by atoms with Crippen LogP contribution in [0.5, 0.6) is 0 Å². The number of unbranched alkanes of at least 4 members (excludes halogenated alkanes) is 2. The molecule has 0 aliphatic carbocycles. The lowest BCUT2D eigenvalue weighted by Gasteiger charge is -2.06. The van der Waals surface area contributed by atoms with E-state index in [2.05, 4.69) is 0 Å². The number of aryl methyl sites for hydroxylation is 1. The number of rotatable bonds is 11. The first kappa shape index (κ1) is 19.6. The molecule has 0 heterocycles. The Hall–Kier alpha value is -1.44. The van der Waals surface area contributed by atoms with E-state index in [0.717, 1.165) is 18.4 Å². The van der Waals surface area contributed by atoms with Crippen LogP contribution in [0.2, 0.25) is 0 Å². The molecule has 0 radical (unpaired) electrons. The summed E-state index contributed by atoms with van der Waals surface area (Å²) >= 11 is 0. The predicted molar refractivity (Wildman–Crippen MR) is 85.6 cm³/mol. The summed E-state index contributed by atoms with van der Waals surface area (Å²) in [7, 11) is -3.68. The average Bonchev–Trinajstić information content (AvgIpc) is 2.50. The maximum absolute atomic E-state index is 11.9. The first-order valence-electron chi connectivity index (χ1n) is 7.65. The van der Waals surface area contributed by atoms with Crippen LogP contribution < -0.4 is 0 Å². The normalized spacial score (nSPS) is 11.4. The molecule has 0 bridgehead atoms. The van der Waals surface area contributed by atoms with Gasteiger partial charge in [-0.05, 0) is 45.2 Å². The van der Waals surface area contributed by atoms with Crippen molar-refractivity contribution in [2.75, 3.05) is 26.4 Å². The molecule has 0 unspecified atom stereocenters. The number of carbonyl (C=O) groups is 1. The van der Waals surface area contributed by atoms with Crippen LogP contribution in [0.25, 0.3) is 0 Å². The Bertz CT molecular complexity index is 565. The van der Waals surface area contributed by atoms with Crippen molar-refractivity contribution >= 4 is 16.1 Å². The molecule has 0 saturated carbocycles. The quantitative estimate of drug-likeness (QED) is 0.348. The van der Waals surface area contributed by atoms with Gasteiger partial charge in [0.25, 0.3) is 10.1 Å². The van der Waals surface area contributed by atoms with E-state index in [-0.39, 0.29) is 24.1 Å². The fourth-order valence-electron chi connectivity index (χ4n) is 1.78. The Morgan fingerprint density at radius 1 is 1.04 bits per heavy atom. The molecule has 0 N–H and O–H groups in total. The molecule has 0 atom stereocenters. The number of carbonyl (C=O) groups excluding carboxylic acids is 1. The number of ether oxygens (including phenoxy) is 2. The Kier molecular flexibility index (Phi) is 8.83. The van der Waals surface area contributed by atoms with Crippen molar-refractivity contribution in [2.24, 2.45) is 0 Å². The van der Waals surface area contributed by atoms with Gasteiger partial charge in [-0.3, -0.25) is 4.18 Å². The second-order valence-electron chi connectivity index (χ2n) is 5.01. The van der Waals surface area contributed by atoms with Gasteiger partial charge in [0.1, 0.15) is 6.61 Å². The second-order valence-corrected chi connectivity index (χ2v) is 6.62. The molecule has 0 aliphatic rings. The minimum absolute atomic E-state index is 0.0495. The molecule has 23 heavy (non-hydrogen) atoms. The van der Waals surface area contributed by atoms with Crippen LogP contribution in [0.3, 0.4) is 0 Å². The van der Waals surface area contributed by atoms with E-state index >= 15 is 0 Å². The average molecular weight is 344 g/mol. The highest BCUT2D eigenvalue weighted by Crippen LogP contribution is 2.13. The SMILES string of the molecule is CCOC(=O)COCCCCCOS(=O)(=O)c1ccc(C)cc1. The monoisotopic (exact) mass is 344 g/mol. The molecule has 0 spiro atoms. The second kappa shape index (κ2) is 10.4. The molecule has 1 aromatic rings. The molecule has 0 amide bonds. The van der Waals surface area contributed by atoms with E-state index in [1.54, 1.807) is 19.1 Å². The van der Waals surface area contributed by atoms with Crippen molar-refractivity contribution in [2.45, 2.75) is 38.0 Å². The van der Waals surface area contributed by atoms with E-state index in [1.165, 1.54) is 12.1 Å². The predicted octanol–water partition coefficient (Wildman–Crippen LogP) is 2.45. The van der Waals surface area contributed by atoms with E-state index in [4.69, 9.17) is 13.7 Å². The van der Waals surface area contributed by atoms with E-state index < -0.39 is 10.1 Å². The van der Waals surface area contributed by atoms with Crippen LogP contribution in [0.4, 0.5) is 0 Å². The minimum atomic E-state index is -3.68. The molecule has 0 aliphatic heterocycles. The van der Waals surface area contributed by atoms with Gasteiger partial charge in [0.2, 0.25) is 0 Å². The number of hydrogen-bond donors (Lipinski definition) is 0. The highest BCUT2D eigenvalue weighted by molar-refractivity contribution is 7.86. The first-order valence-corrected chi connectivity index (χ1v) is 9.06. The van der Waals surface area contributed by atoms with Gasteiger partial charge in [-0.2, -0.15) is 8.42 Å². The molecule has 7 heteroatoms. The van der Waals surface area contributed by atoms with Gasteiger partial charge in [0, 0.05) is 6.61 Å². The maximum Gasteiger partial charge on any atom is 0.332 e. The van der Waals surface area contributed by atoms with Gasteiger partial charge < -0.3 is 9.47 Å². The largest absolute Gasteiger partial charge is 0.464 e. The Morgan fingerprint density at radius 2 is 1.70 bits per heavy atom. The zero-order valence-corrected chi connectivity index (χ0v) is 14.4. The highest BCUT2D eigenvalue weighted by atomic mass is 32.2. The van der Waals surface area contributed by atoms with Crippen molar-refractivity contribution in [3.05, 3.63) is 29.8 Å². The van der Waals surface area contributed by atoms with Gasteiger partial charge in [0.15, 0.2) is 0 Å². The van der Waals surface area contributed by atoms with E-state index in [0.29, 0.717) is 19.6 Å². The van der Waals surface area contributed by atoms with Crippen molar-refractivity contribution < 1.29 is 26.9 Å². The van der Waals surface area contributed by atoms with Gasteiger partial charge in [-0.1, -0.05) is 17.7 Å². The number of hydrogen-bond acceptors (Lipinski definition) is 6. The van der Waals surface area contributed by atoms with Crippen LogP contribution in [0.1, 0.15) is 31.7 Å². The van der Waals surface area contributed by atoms with Crippen molar-refractivity contribution in [1.82, 2.24) is 0 Å². The lowest BCUT2D eigenvalue weighted by atomic mass is 10.2. The zero-order valence-electron chi connectivity index (χ0n) is 13.6. The summed E-state index contributed by atoms with van der Waals surface area (Å²) < 4.78 is 38.7. The Morgan fingerprint density at radius 3 is 2.35 bits per heavy atom. The van der Waals surface area contributed by atoms with Gasteiger partial charge in [0.05, 0.1) is 18.1 Å². The zero-order chi connectivity index (χ0) is 17.1. The van der Waals surface area contributed by atoms with E-state index in [9.17, 15) is 13.2 Å². The fourth-order valence-corrected chi connectivity index (χ4v) is 2.73. The summed E-state index contributed by atoms with van der Waals surface area (Å²) in [6.45, 7) is 4.49. The summed E-state index contributed by atoms with van der Waals surface area (Å²) in [5.41, 5.74) is 0.992. The van der Waals surface area contributed by atoms with Crippen molar-refractivity contribution in [3.8, 4) is 0 Å². The summed E-state index contributed by atoms with van der Waals surface area (Å²) in [6.07, 6.45) is 2.09. The van der Waals surface area contributed by atoms with Crippen LogP contribution in [-0.2, 0) is 28.6 Å². The van der Waals surface area contributed by atoms with Gasteiger partial charge >= 0.3 is 5.97 Å². The third kappa shape index (κ3) is 8.11. The molecule has 130 valence electrons. The van der Waals surface area contributed by atoms with Crippen LogP contribution >= 0.6 is 0 Å². The van der Waals surface area contributed by atoms with Crippen molar-refractivity contribution in [1.29, 1.82) is 0 Å². The molecule has 0 fully saturated rings. The van der Waals surface area contributed by atoms with Crippen LogP contribution in [-0.4, -0.2) is 40.8 Å². The van der Waals surface area contributed by atoms with Crippen molar-refractivity contribution in [3.63, 3.8) is 0 Å². The van der Waals surface area contributed by atoms with Crippen LogP contribution in [0, 0.1) is 6.92 Å². The molecule has 6 nitrogen and oxygen atoms in total. The molecule has 0 aromatic heterocycles. The molecular formula is C16H24O6S. The maximum atomic E-state index is 11.9. The molecule has 1 rings (SSSR count).